The minimum Gasteiger partial charge on any atom is -0.486 e. The lowest BCUT2D eigenvalue weighted by atomic mass is 10.2. The number of hydrogen-bond donors (Lipinski definition) is 0. The van der Waals surface area contributed by atoms with Crippen LogP contribution in [-0.4, -0.2) is 0 Å². The summed E-state index contributed by atoms with van der Waals surface area (Å²) in [6.45, 7) is 0.155. The lowest BCUT2D eigenvalue weighted by molar-refractivity contribution is 0.292. The van der Waals surface area contributed by atoms with Crippen LogP contribution in [0, 0.1) is 11.6 Å². The molecule has 1 aromatic heterocycles. The number of benzene rings is 2. The van der Waals surface area contributed by atoms with Gasteiger partial charge in [0.15, 0.2) is 11.6 Å². The maximum atomic E-state index is 13.8. The normalized spacial score (nSPS) is 10.8. The van der Waals surface area contributed by atoms with E-state index in [1.807, 2.05) is 11.4 Å². The lowest BCUT2D eigenvalue weighted by Gasteiger charge is -2.06. The molecule has 96 valence electrons. The standard InChI is InChI=1S/C15H10F2OS/c16-11-4-1-2-6-13(11)18-8-10-9-19-14-7-3-5-12(17)15(10)14/h1-7,9H,8H2. The van der Waals surface area contributed by atoms with Gasteiger partial charge >= 0.3 is 0 Å². The fraction of sp³-hybridized carbons (Fsp3) is 0.0667. The average Bonchev–Trinajstić information content (AvgIpc) is 2.83. The molecule has 0 unspecified atom stereocenters. The largest absolute Gasteiger partial charge is 0.486 e. The second-order valence-corrected chi connectivity index (χ2v) is 5.00. The molecule has 0 spiro atoms. The summed E-state index contributed by atoms with van der Waals surface area (Å²) in [6.07, 6.45) is 0. The van der Waals surface area contributed by atoms with Gasteiger partial charge in [0.1, 0.15) is 12.4 Å². The molecule has 2 aromatic carbocycles. The molecule has 0 atom stereocenters. The van der Waals surface area contributed by atoms with Gasteiger partial charge in [0.05, 0.1) is 0 Å². The van der Waals surface area contributed by atoms with Crippen LogP contribution in [0.4, 0.5) is 8.78 Å². The van der Waals surface area contributed by atoms with Crippen molar-refractivity contribution in [1.29, 1.82) is 0 Å². The van der Waals surface area contributed by atoms with E-state index in [-0.39, 0.29) is 18.2 Å². The molecule has 0 bridgehead atoms. The van der Waals surface area contributed by atoms with Gasteiger partial charge in [0.25, 0.3) is 0 Å². The lowest BCUT2D eigenvalue weighted by Crippen LogP contribution is -1.97. The van der Waals surface area contributed by atoms with E-state index in [1.54, 1.807) is 24.3 Å². The first-order valence-electron chi connectivity index (χ1n) is 5.77. The molecule has 0 fully saturated rings. The molecule has 3 aromatic rings. The van der Waals surface area contributed by atoms with Crippen LogP contribution >= 0.6 is 11.3 Å². The number of para-hydroxylation sites is 1. The Hall–Kier alpha value is -1.94. The maximum Gasteiger partial charge on any atom is 0.165 e. The summed E-state index contributed by atoms with van der Waals surface area (Å²) in [7, 11) is 0. The topological polar surface area (TPSA) is 9.23 Å². The van der Waals surface area contributed by atoms with E-state index in [9.17, 15) is 8.78 Å². The Kier molecular flexibility index (Phi) is 3.17. The molecule has 0 aliphatic heterocycles. The molecule has 0 radical (unpaired) electrons. The van der Waals surface area contributed by atoms with Gasteiger partial charge in [-0.2, -0.15) is 0 Å². The molecular formula is C15H10F2OS. The van der Waals surface area contributed by atoms with Gasteiger partial charge in [-0.05, 0) is 29.6 Å². The first-order chi connectivity index (χ1) is 9.25. The Morgan fingerprint density at radius 1 is 0.947 bits per heavy atom. The van der Waals surface area contributed by atoms with Crippen LogP contribution in [0.25, 0.3) is 10.1 Å². The highest BCUT2D eigenvalue weighted by Crippen LogP contribution is 2.29. The maximum absolute atomic E-state index is 13.8. The van der Waals surface area contributed by atoms with Crippen molar-refractivity contribution in [3.05, 3.63) is 65.0 Å². The average molecular weight is 276 g/mol. The first kappa shape index (κ1) is 12.1. The third kappa shape index (κ3) is 2.31. The van der Waals surface area contributed by atoms with Crippen LogP contribution in [0.1, 0.15) is 5.56 Å². The van der Waals surface area contributed by atoms with E-state index < -0.39 is 5.82 Å². The minimum absolute atomic E-state index is 0.155. The van der Waals surface area contributed by atoms with Crippen LogP contribution in [0.5, 0.6) is 5.75 Å². The number of hydrogen-bond acceptors (Lipinski definition) is 2. The number of fused-ring (bicyclic) bond motifs is 1. The molecule has 3 rings (SSSR count). The molecule has 1 heterocycles. The summed E-state index contributed by atoms with van der Waals surface area (Å²) in [5.41, 5.74) is 0.737. The molecule has 4 heteroatoms. The van der Waals surface area contributed by atoms with Gasteiger partial charge in [-0.3, -0.25) is 0 Å². The zero-order valence-electron chi connectivity index (χ0n) is 9.90. The second-order valence-electron chi connectivity index (χ2n) is 4.09. The molecule has 19 heavy (non-hydrogen) atoms. The SMILES string of the molecule is Fc1ccccc1OCc1csc2cccc(F)c12. The van der Waals surface area contributed by atoms with Gasteiger partial charge in [0.2, 0.25) is 0 Å². The fourth-order valence-electron chi connectivity index (χ4n) is 1.93. The highest BCUT2D eigenvalue weighted by Gasteiger charge is 2.10. The Balaban J connectivity index is 1.89. The molecule has 0 N–H and O–H groups in total. The zero-order valence-corrected chi connectivity index (χ0v) is 10.7. The van der Waals surface area contributed by atoms with Crippen molar-refractivity contribution in [2.75, 3.05) is 0 Å². The van der Waals surface area contributed by atoms with E-state index in [1.165, 1.54) is 23.5 Å². The van der Waals surface area contributed by atoms with Crippen LogP contribution < -0.4 is 4.74 Å². The Morgan fingerprint density at radius 2 is 1.74 bits per heavy atom. The highest BCUT2D eigenvalue weighted by molar-refractivity contribution is 7.17. The molecule has 0 saturated heterocycles. The summed E-state index contributed by atoms with van der Waals surface area (Å²) < 4.78 is 33.5. The van der Waals surface area contributed by atoms with Crippen molar-refractivity contribution in [3.63, 3.8) is 0 Å². The number of thiophene rings is 1. The van der Waals surface area contributed by atoms with Crippen molar-refractivity contribution in [1.82, 2.24) is 0 Å². The summed E-state index contributed by atoms with van der Waals surface area (Å²) in [4.78, 5) is 0. The summed E-state index contributed by atoms with van der Waals surface area (Å²) in [5.74, 6) is -0.508. The van der Waals surface area contributed by atoms with Crippen LogP contribution in [-0.2, 0) is 6.61 Å². The Bertz CT molecular complexity index is 721. The van der Waals surface area contributed by atoms with Crippen molar-refractivity contribution >= 4 is 21.4 Å². The number of rotatable bonds is 3. The highest BCUT2D eigenvalue weighted by atomic mass is 32.1. The predicted octanol–water partition coefficient (Wildman–Crippen LogP) is 4.76. The van der Waals surface area contributed by atoms with E-state index in [0.29, 0.717) is 5.39 Å². The first-order valence-corrected chi connectivity index (χ1v) is 6.65. The molecule has 0 saturated carbocycles. The van der Waals surface area contributed by atoms with Gasteiger partial charge < -0.3 is 4.74 Å². The van der Waals surface area contributed by atoms with E-state index in [0.717, 1.165) is 10.3 Å². The molecule has 1 nitrogen and oxygen atoms in total. The van der Waals surface area contributed by atoms with Crippen LogP contribution in [0.15, 0.2) is 47.8 Å². The minimum atomic E-state index is -0.414. The molecule has 0 aliphatic rings. The third-order valence-corrected chi connectivity index (χ3v) is 3.84. The summed E-state index contributed by atoms with van der Waals surface area (Å²) in [6, 6.07) is 11.1. The predicted molar refractivity (Wildman–Crippen MR) is 72.5 cm³/mol. The van der Waals surface area contributed by atoms with Gasteiger partial charge in [0, 0.05) is 15.6 Å². The summed E-state index contributed by atoms with van der Waals surface area (Å²) in [5, 5.41) is 2.40. The monoisotopic (exact) mass is 276 g/mol. The van der Waals surface area contributed by atoms with Gasteiger partial charge in [-0.1, -0.05) is 18.2 Å². The van der Waals surface area contributed by atoms with Gasteiger partial charge in [-0.25, -0.2) is 8.78 Å². The van der Waals surface area contributed by atoms with E-state index >= 15 is 0 Å². The van der Waals surface area contributed by atoms with Crippen molar-refractivity contribution in [3.8, 4) is 5.75 Å². The summed E-state index contributed by atoms with van der Waals surface area (Å²) >= 11 is 1.45. The number of halogens is 2. The Labute approximate surface area is 113 Å². The Morgan fingerprint density at radius 3 is 2.58 bits per heavy atom. The fourth-order valence-corrected chi connectivity index (χ4v) is 2.89. The van der Waals surface area contributed by atoms with Crippen molar-refractivity contribution in [2.24, 2.45) is 0 Å². The zero-order chi connectivity index (χ0) is 13.2. The quantitative estimate of drug-likeness (QED) is 0.670. The molecule has 0 amide bonds. The van der Waals surface area contributed by atoms with Crippen LogP contribution in [0.3, 0.4) is 0 Å². The van der Waals surface area contributed by atoms with E-state index in [4.69, 9.17) is 4.74 Å². The molecular weight excluding hydrogens is 266 g/mol. The third-order valence-electron chi connectivity index (χ3n) is 2.84. The molecule has 0 aliphatic carbocycles. The van der Waals surface area contributed by atoms with Crippen LogP contribution in [0.2, 0.25) is 0 Å². The van der Waals surface area contributed by atoms with E-state index in [2.05, 4.69) is 0 Å². The number of ether oxygens (including phenoxy) is 1. The van der Waals surface area contributed by atoms with Gasteiger partial charge in [-0.15, -0.1) is 11.3 Å². The van der Waals surface area contributed by atoms with Crippen molar-refractivity contribution in [2.45, 2.75) is 6.61 Å². The smallest absolute Gasteiger partial charge is 0.165 e. The van der Waals surface area contributed by atoms with Crippen molar-refractivity contribution < 1.29 is 13.5 Å². The second kappa shape index (κ2) is 4.97.